The molecule has 1 saturated heterocycles. The average Bonchev–Trinajstić information content (AvgIpc) is 2.47. The van der Waals surface area contributed by atoms with Gasteiger partial charge in [0.25, 0.3) is 0 Å². The van der Waals surface area contributed by atoms with E-state index in [4.69, 9.17) is 0 Å². The predicted molar refractivity (Wildman–Crippen MR) is 62.4 cm³/mol. The lowest BCUT2D eigenvalue weighted by molar-refractivity contribution is -0.128. The fourth-order valence-electron chi connectivity index (χ4n) is 1.93. The maximum atomic E-state index is 11.5. The molecule has 0 aliphatic carbocycles. The van der Waals surface area contributed by atoms with E-state index >= 15 is 0 Å². The standard InChI is InChI=1S/C12H15NO.CH4/c1-10-7-12(14)13(8-10)9-11-5-3-2-4-6-11;/h2-6,10H,7-9H2,1H3;1H4. The highest BCUT2D eigenvalue weighted by Gasteiger charge is 2.25. The van der Waals surface area contributed by atoms with Crippen molar-refractivity contribution in [3.05, 3.63) is 35.9 Å². The van der Waals surface area contributed by atoms with Crippen molar-refractivity contribution in [2.75, 3.05) is 6.54 Å². The number of nitrogens with zero attached hydrogens (tertiary/aromatic N) is 1. The molecule has 0 N–H and O–H groups in total. The lowest BCUT2D eigenvalue weighted by atomic mass is 10.2. The maximum Gasteiger partial charge on any atom is 0.223 e. The van der Waals surface area contributed by atoms with E-state index < -0.39 is 0 Å². The fourth-order valence-corrected chi connectivity index (χ4v) is 1.93. The zero-order chi connectivity index (χ0) is 9.97. The van der Waals surface area contributed by atoms with Gasteiger partial charge in [0.15, 0.2) is 0 Å². The van der Waals surface area contributed by atoms with Gasteiger partial charge in [-0.15, -0.1) is 0 Å². The van der Waals surface area contributed by atoms with Gasteiger partial charge in [0.1, 0.15) is 0 Å². The maximum absolute atomic E-state index is 11.5. The first-order valence-electron chi connectivity index (χ1n) is 5.07. The van der Waals surface area contributed by atoms with E-state index in [1.54, 1.807) is 0 Å². The van der Waals surface area contributed by atoms with Crippen LogP contribution in [0.15, 0.2) is 30.3 Å². The van der Waals surface area contributed by atoms with E-state index in [2.05, 4.69) is 19.1 Å². The second-order valence-corrected chi connectivity index (χ2v) is 4.07. The van der Waals surface area contributed by atoms with Crippen molar-refractivity contribution in [2.24, 2.45) is 5.92 Å². The Bertz CT molecular complexity index is 321. The van der Waals surface area contributed by atoms with Gasteiger partial charge in [-0.3, -0.25) is 4.79 Å². The molecule has 2 rings (SSSR count). The molecule has 2 nitrogen and oxygen atoms in total. The summed E-state index contributed by atoms with van der Waals surface area (Å²) >= 11 is 0. The Hall–Kier alpha value is -1.31. The number of hydrogen-bond donors (Lipinski definition) is 0. The Kier molecular flexibility index (Phi) is 3.89. The van der Waals surface area contributed by atoms with Crippen LogP contribution in [0.2, 0.25) is 0 Å². The van der Waals surface area contributed by atoms with E-state index in [-0.39, 0.29) is 7.43 Å². The minimum Gasteiger partial charge on any atom is -0.338 e. The Balaban J connectivity index is 0.00000112. The molecule has 0 radical (unpaired) electrons. The molecule has 1 aliphatic heterocycles. The zero-order valence-corrected chi connectivity index (χ0v) is 8.44. The molecule has 0 bridgehead atoms. The van der Waals surface area contributed by atoms with Crippen LogP contribution in [0, 0.1) is 5.92 Å². The van der Waals surface area contributed by atoms with Crippen LogP contribution in [0.5, 0.6) is 0 Å². The molecule has 82 valence electrons. The second kappa shape index (κ2) is 4.96. The summed E-state index contributed by atoms with van der Waals surface area (Å²) in [6.07, 6.45) is 0.715. The summed E-state index contributed by atoms with van der Waals surface area (Å²) in [4.78, 5) is 13.5. The molecule has 15 heavy (non-hydrogen) atoms. The molecule has 0 saturated carbocycles. The second-order valence-electron chi connectivity index (χ2n) is 4.07. The van der Waals surface area contributed by atoms with Gasteiger partial charge in [0.05, 0.1) is 0 Å². The third-order valence-electron chi connectivity index (χ3n) is 2.62. The van der Waals surface area contributed by atoms with Crippen molar-refractivity contribution in [3.63, 3.8) is 0 Å². The number of amides is 1. The van der Waals surface area contributed by atoms with E-state index in [0.717, 1.165) is 13.1 Å². The van der Waals surface area contributed by atoms with Crippen molar-refractivity contribution in [2.45, 2.75) is 27.3 Å². The highest BCUT2D eigenvalue weighted by molar-refractivity contribution is 5.78. The van der Waals surface area contributed by atoms with E-state index in [0.29, 0.717) is 18.2 Å². The SMILES string of the molecule is C.CC1CC(=O)N(Cc2ccccc2)C1. The third-order valence-corrected chi connectivity index (χ3v) is 2.62. The molecule has 0 aromatic heterocycles. The highest BCUT2D eigenvalue weighted by Crippen LogP contribution is 2.18. The van der Waals surface area contributed by atoms with Crippen LogP contribution >= 0.6 is 0 Å². The molecule has 1 aromatic carbocycles. The van der Waals surface area contributed by atoms with Gasteiger partial charge in [-0.2, -0.15) is 0 Å². The van der Waals surface area contributed by atoms with Gasteiger partial charge in [-0.25, -0.2) is 0 Å². The topological polar surface area (TPSA) is 20.3 Å². The summed E-state index contributed by atoms with van der Waals surface area (Å²) in [5.74, 6) is 0.813. The lowest BCUT2D eigenvalue weighted by Gasteiger charge is -2.15. The predicted octanol–water partition coefficient (Wildman–Crippen LogP) is 2.69. The van der Waals surface area contributed by atoms with Crippen LogP contribution in [0.25, 0.3) is 0 Å². The smallest absolute Gasteiger partial charge is 0.223 e. The monoisotopic (exact) mass is 205 g/mol. The molecule has 1 unspecified atom stereocenters. The zero-order valence-electron chi connectivity index (χ0n) is 8.44. The summed E-state index contributed by atoms with van der Waals surface area (Å²) < 4.78 is 0. The van der Waals surface area contributed by atoms with Crippen LogP contribution in [0.1, 0.15) is 26.3 Å². The minimum atomic E-state index is 0. The van der Waals surface area contributed by atoms with Crippen LogP contribution in [0.3, 0.4) is 0 Å². The summed E-state index contributed by atoms with van der Waals surface area (Å²) in [6.45, 7) is 3.81. The quantitative estimate of drug-likeness (QED) is 0.727. The van der Waals surface area contributed by atoms with Crippen molar-refractivity contribution in [1.29, 1.82) is 0 Å². The number of rotatable bonds is 2. The molecule has 1 fully saturated rings. The number of likely N-dealkylation sites (tertiary alicyclic amines) is 1. The first-order valence-corrected chi connectivity index (χ1v) is 5.07. The lowest BCUT2D eigenvalue weighted by Crippen LogP contribution is -2.24. The number of benzene rings is 1. The van der Waals surface area contributed by atoms with Crippen molar-refractivity contribution >= 4 is 5.91 Å². The summed E-state index contributed by atoms with van der Waals surface area (Å²) in [5, 5.41) is 0. The van der Waals surface area contributed by atoms with Crippen molar-refractivity contribution in [1.82, 2.24) is 4.90 Å². The Morgan fingerprint density at radius 3 is 2.53 bits per heavy atom. The molecular weight excluding hydrogens is 186 g/mol. The number of hydrogen-bond acceptors (Lipinski definition) is 1. The molecule has 1 heterocycles. The van der Waals surface area contributed by atoms with Gasteiger partial charge in [-0.1, -0.05) is 44.7 Å². The molecule has 2 heteroatoms. The fraction of sp³-hybridized carbons (Fsp3) is 0.462. The first-order chi connectivity index (χ1) is 6.75. The third kappa shape index (κ3) is 2.82. The molecule has 1 atom stereocenters. The summed E-state index contributed by atoms with van der Waals surface area (Å²) in [6, 6.07) is 10.2. The van der Waals surface area contributed by atoms with Crippen molar-refractivity contribution in [3.8, 4) is 0 Å². The van der Waals surface area contributed by atoms with Crippen LogP contribution in [-0.2, 0) is 11.3 Å². The van der Waals surface area contributed by atoms with Gasteiger partial charge >= 0.3 is 0 Å². The summed E-state index contributed by atoms with van der Waals surface area (Å²) in [5.41, 5.74) is 1.22. The van der Waals surface area contributed by atoms with Crippen LogP contribution in [-0.4, -0.2) is 17.4 Å². The van der Waals surface area contributed by atoms with E-state index in [1.807, 2.05) is 23.1 Å². The van der Waals surface area contributed by atoms with E-state index in [1.165, 1.54) is 5.56 Å². The Morgan fingerprint density at radius 2 is 2.00 bits per heavy atom. The Labute approximate surface area is 91.9 Å². The number of carbonyl (C=O) groups is 1. The highest BCUT2D eigenvalue weighted by atomic mass is 16.2. The van der Waals surface area contributed by atoms with Gasteiger partial charge in [0.2, 0.25) is 5.91 Å². The molecular formula is C13H19NO. The normalized spacial score (nSPS) is 20.2. The van der Waals surface area contributed by atoms with Gasteiger partial charge in [-0.05, 0) is 11.5 Å². The van der Waals surface area contributed by atoms with Crippen LogP contribution in [0.4, 0.5) is 0 Å². The van der Waals surface area contributed by atoms with Gasteiger partial charge in [0, 0.05) is 19.5 Å². The Morgan fingerprint density at radius 1 is 1.33 bits per heavy atom. The first kappa shape index (κ1) is 11.8. The average molecular weight is 205 g/mol. The largest absolute Gasteiger partial charge is 0.338 e. The van der Waals surface area contributed by atoms with Gasteiger partial charge < -0.3 is 4.90 Å². The molecule has 0 spiro atoms. The summed E-state index contributed by atoms with van der Waals surface area (Å²) in [7, 11) is 0. The molecule has 1 aliphatic rings. The van der Waals surface area contributed by atoms with Crippen molar-refractivity contribution < 1.29 is 4.79 Å². The minimum absolute atomic E-state index is 0. The van der Waals surface area contributed by atoms with E-state index in [9.17, 15) is 4.79 Å². The number of carbonyl (C=O) groups excluding carboxylic acids is 1. The van der Waals surface area contributed by atoms with Crippen LogP contribution < -0.4 is 0 Å². The molecule has 1 amide bonds. The molecule has 1 aromatic rings.